The van der Waals surface area contributed by atoms with Gasteiger partial charge in [-0.15, -0.1) is 0 Å². The highest BCUT2D eigenvalue weighted by Crippen LogP contribution is 2.25. The van der Waals surface area contributed by atoms with Crippen LogP contribution in [0.4, 0.5) is 0 Å². The SMILES string of the molecule is CS(=O)(=O)N1CCCC(C(=O)N2CCCC(n3cncn3)C2)C1. The lowest BCUT2D eigenvalue weighted by Gasteiger charge is -2.37. The molecule has 0 spiro atoms. The molecule has 2 saturated heterocycles. The van der Waals surface area contributed by atoms with Crippen LogP contribution in [0, 0.1) is 5.92 Å². The summed E-state index contributed by atoms with van der Waals surface area (Å²) in [4.78, 5) is 18.6. The Labute approximate surface area is 136 Å². The second kappa shape index (κ2) is 6.56. The summed E-state index contributed by atoms with van der Waals surface area (Å²) in [6, 6.07) is 0.157. The number of aromatic nitrogens is 3. The molecule has 2 fully saturated rings. The van der Waals surface area contributed by atoms with Crippen molar-refractivity contribution in [3.05, 3.63) is 12.7 Å². The van der Waals surface area contributed by atoms with E-state index >= 15 is 0 Å². The van der Waals surface area contributed by atoms with Gasteiger partial charge in [0.25, 0.3) is 0 Å². The summed E-state index contributed by atoms with van der Waals surface area (Å²) in [5.74, 6) is -0.156. The first kappa shape index (κ1) is 16.4. The van der Waals surface area contributed by atoms with E-state index in [-0.39, 0.29) is 17.9 Å². The maximum absolute atomic E-state index is 12.8. The van der Waals surface area contributed by atoms with Gasteiger partial charge in [0.1, 0.15) is 12.7 Å². The van der Waals surface area contributed by atoms with Crippen molar-refractivity contribution in [3.8, 4) is 0 Å². The van der Waals surface area contributed by atoms with Crippen LogP contribution in [0.1, 0.15) is 31.7 Å². The molecule has 0 aliphatic carbocycles. The smallest absolute Gasteiger partial charge is 0.227 e. The third-order valence-electron chi connectivity index (χ3n) is 4.72. The number of hydrogen-bond donors (Lipinski definition) is 0. The predicted octanol–water partition coefficient (Wildman–Crippen LogP) is 0.113. The molecule has 1 aromatic rings. The lowest BCUT2D eigenvalue weighted by atomic mass is 9.96. The zero-order valence-electron chi connectivity index (χ0n) is 13.3. The number of sulfonamides is 1. The third-order valence-corrected chi connectivity index (χ3v) is 5.99. The molecule has 8 nitrogen and oxygen atoms in total. The van der Waals surface area contributed by atoms with Crippen LogP contribution in [0.15, 0.2) is 12.7 Å². The number of nitrogens with zero attached hydrogens (tertiary/aromatic N) is 5. The number of amides is 1. The molecule has 2 unspecified atom stereocenters. The van der Waals surface area contributed by atoms with Crippen LogP contribution in [0.25, 0.3) is 0 Å². The maximum atomic E-state index is 12.8. The molecule has 2 aliphatic heterocycles. The molecule has 2 aliphatic rings. The van der Waals surface area contributed by atoms with E-state index in [1.165, 1.54) is 16.9 Å². The highest BCUT2D eigenvalue weighted by Gasteiger charge is 2.34. The number of likely N-dealkylation sites (tertiary alicyclic amines) is 1. The lowest BCUT2D eigenvalue weighted by Crippen LogP contribution is -2.49. The Morgan fingerprint density at radius 2 is 1.96 bits per heavy atom. The molecule has 0 bridgehead atoms. The Hall–Kier alpha value is -1.48. The second-order valence-electron chi connectivity index (χ2n) is 6.42. The topological polar surface area (TPSA) is 88.4 Å². The quantitative estimate of drug-likeness (QED) is 0.779. The van der Waals surface area contributed by atoms with Crippen molar-refractivity contribution in [2.24, 2.45) is 5.92 Å². The Morgan fingerprint density at radius 3 is 2.65 bits per heavy atom. The average Bonchev–Trinajstić information content (AvgIpc) is 3.08. The van der Waals surface area contributed by atoms with Crippen LogP contribution in [-0.2, 0) is 14.8 Å². The monoisotopic (exact) mass is 341 g/mol. The van der Waals surface area contributed by atoms with Gasteiger partial charge in [0.05, 0.1) is 18.2 Å². The maximum Gasteiger partial charge on any atom is 0.227 e. The van der Waals surface area contributed by atoms with E-state index in [0.717, 1.165) is 32.2 Å². The molecule has 3 rings (SSSR count). The minimum absolute atomic E-state index is 0.0724. The minimum atomic E-state index is -3.23. The molecule has 0 aromatic carbocycles. The fourth-order valence-corrected chi connectivity index (χ4v) is 4.39. The van der Waals surface area contributed by atoms with Gasteiger partial charge >= 0.3 is 0 Å². The molecule has 0 saturated carbocycles. The Morgan fingerprint density at radius 1 is 1.17 bits per heavy atom. The Kier molecular flexibility index (Phi) is 4.67. The van der Waals surface area contributed by atoms with E-state index < -0.39 is 10.0 Å². The Balaban J connectivity index is 1.65. The normalized spacial score (nSPS) is 27.1. The van der Waals surface area contributed by atoms with Crippen molar-refractivity contribution in [1.29, 1.82) is 0 Å². The molecular formula is C14H23N5O3S. The molecule has 9 heteroatoms. The van der Waals surface area contributed by atoms with Gasteiger partial charge in [0.15, 0.2) is 0 Å². The van der Waals surface area contributed by atoms with Crippen molar-refractivity contribution >= 4 is 15.9 Å². The van der Waals surface area contributed by atoms with E-state index in [4.69, 9.17) is 0 Å². The molecule has 1 aromatic heterocycles. The molecule has 23 heavy (non-hydrogen) atoms. The molecule has 1 amide bonds. The number of piperidine rings is 2. The van der Waals surface area contributed by atoms with Crippen molar-refractivity contribution in [2.45, 2.75) is 31.7 Å². The van der Waals surface area contributed by atoms with Gasteiger partial charge in [-0.2, -0.15) is 5.10 Å². The number of rotatable bonds is 3. The van der Waals surface area contributed by atoms with Crippen molar-refractivity contribution in [3.63, 3.8) is 0 Å². The molecule has 3 heterocycles. The summed E-state index contributed by atoms with van der Waals surface area (Å²) in [7, 11) is -3.23. The fourth-order valence-electron chi connectivity index (χ4n) is 3.48. The largest absolute Gasteiger partial charge is 0.340 e. The number of carbonyl (C=O) groups excluding carboxylic acids is 1. The summed E-state index contributed by atoms with van der Waals surface area (Å²) in [5.41, 5.74) is 0. The minimum Gasteiger partial charge on any atom is -0.340 e. The van der Waals surface area contributed by atoms with E-state index in [2.05, 4.69) is 10.1 Å². The predicted molar refractivity (Wildman–Crippen MR) is 84.0 cm³/mol. The highest BCUT2D eigenvalue weighted by atomic mass is 32.2. The molecule has 0 radical (unpaired) electrons. The first-order chi connectivity index (χ1) is 10.9. The van der Waals surface area contributed by atoms with Crippen molar-refractivity contribution in [1.82, 2.24) is 24.0 Å². The van der Waals surface area contributed by atoms with Crippen LogP contribution in [0.2, 0.25) is 0 Å². The second-order valence-corrected chi connectivity index (χ2v) is 8.40. The van der Waals surface area contributed by atoms with Crippen molar-refractivity contribution in [2.75, 3.05) is 32.4 Å². The fraction of sp³-hybridized carbons (Fsp3) is 0.786. The van der Waals surface area contributed by atoms with Crippen LogP contribution in [-0.4, -0.2) is 70.7 Å². The van der Waals surface area contributed by atoms with Crippen LogP contribution in [0.3, 0.4) is 0 Å². The zero-order chi connectivity index (χ0) is 16.4. The van der Waals surface area contributed by atoms with Crippen molar-refractivity contribution < 1.29 is 13.2 Å². The number of hydrogen-bond acceptors (Lipinski definition) is 5. The van der Waals surface area contributed by atoms with Gasteiger partial charge in [-0.3, -0.25) is 4.79 Å². The van der Waals surface area contributed by atoms with Gasteiger partial charge in [-0.25, -0.2) is 22.4 Å². The summed E-state index contributed by atoms with van der Waals surface area (Å²) in [6.45, 7) is 2.18. The van der Waals surface area contributed by atoms with E-state index in [0.29, 0.717) is 19.6 Å². The van der Waals surface area contributed by atoms with Gasteiger partial charge in [0, 0.05) is 26.2 Å². The van der Waals surface area contributed by atoms with Gasteiger partial charge in [0.2, 0.25) is 15.9 Å². The molecule has 128 valence electrons. The zero-order valence-corrected chi connectivity index (χ0v) is 14.2. The molecule has 0 N–H and O–H groups in total. The highest BCUT2D eigenvalue weighted by molar-refractivity contribution is 7.88. The van der Waals surface area contributed by atoms with E-state index in [9.17, 15) is 13.2 Å². The third kappa shape index (κ3) is 3.72. The van der Waals surface area contributed by atoms with E-state index in [1.54, 1.807) is 6.33 Å². The first-order valence-electron chi connectivity index (χ1n) is 8.03. The summed E-state index contributed by atoms with van der Waals surface area (Å²) < 4.78 is 26.7. The van der Waals surface area contributed by atoms with Gasteiger partial charge in [-0.05, 0) is 25.7 Å². The lowest BCUT2D eigenvalue weighted by molar-refractivity contribution is -0.138. The summed E-state index contributed by atoms with van der Waals surface area (Å²) >= 11 is 0. The average molecular weight is 341 g/mol. The number of carbonyl (C=O) groups is 1. The summed E-state index contributed by atoms with van der Waals surface area (Å²) in [5, 5.41) is 4.17. The van der Waals surface area contributed by atoms with E-state index in [1.807, 2.05) is 9.58 Å². The molecule has 2 atom stereocenters. The standard InChI is InChI=1S/C14H23N5O3S/c1-23(21,22)18-7-2-4-12(8-18)14(20)17-6-3-5-13(9-17)19-11-15-10-16-19/h10-13H,2-9H2,1H3. The van der Waals surface area contributed by atoms with Crippen LogP contribution < -0.4 is 0 Å². The Bertz CT molecular complexity index is 645. The van der Waals surface area contributed by atoms with Gasteiger partial charge < -0.3 is 4.90 Å². The van der Waals surface area contributed by atoms with Gasteiger partial charge in [-0.1, -0.05) is 0 Å². The van der Waals surface area contributed by atoms with Crippen LogP contribution >= 0.6 is 0 Å². The molecular weight excluding hydrogens is 318 g/mol. The first-order valence-corrected chi connectivity index (χ1v) is 9.88. The van der Waals surface area contributed by atoms with Crippen LogP contribution in [0.5, 0.6) is 0 Å². The summed E-state index contributed by atoms with van der Waals surface area (Å²) in [6.07, 6.45) is 7.81.